The van der Waals surface area contributed by atoms with E-state index in [1.165, 1.54) is 20.0 Å². The lowest BCUT2D eigenvalue weighted by atomic mass is 10.3. The minimum Gasteiger partial charge on any atom is -0.467 e. The molecule has 0 aromatic heterocycles. The summed E-state index contributed by atoms with van der Waals surface area (Å²) in [6, 6.07) is 0. The summed E-state index contributed by atoms with van der Waals surface area (Å²) in [7, 11) is 1.32. The smallest absolute Gasteiger partial charge is 0.331 e. The van der Waals surface area contributed by atoms with Gasteiger partial charge in [0.05, 0.1) is 139 Å². The highest BCUT2D eigenvalue weighted by molar-refractivity contribution is 5.70. The number of unbranched alkanes of at least 4 members (excludes halogenated alkanes) is 2. The summed E-state index contributed by atoms with van der Waals surface area (Å²) in [4.78, 5) is 10.8. The summed E-state index contributed by atoms with van der Waals surface area (Å²) in [6.07, 6.45) is 3.54. The quantitative estimate of drug-likeness (QED) is 0.0762. The lowest BCUT2D eigenvalue weighted by Crippen LogP contribution is -2.16. The number of carbonyl (C=O) groups excluding carboxylic acids is 1. The third-order valence-corrected chi connectivity index (χ3v) is 5.06. The molecule has 0 rings (SSSR count). The summed E-state index contributed by atoms with van der Waals surface area (Å²) < 4.78 is 63.9. The van der Waals surface area contributed by atoms with E-state index in [0.717, 1.165) is 13.0 Å². The van der Waals surface area contributed by atoms with Gasteiger partial charge in [-0.15, -0.1) is 0 Å². The van der Waals surface area contributed by atoms with Gasteiger partial charge in [0.1, 0.15) is 6.61 Å². The van der Waals surface area contributed by atoms with E-state index in [1.807, 2.05) is 0 Å². The SMILES string of the molecule is CCCCCOCCOCCOCCOCCOCCOCCOCCOCCOCCOCCOCC(=O)OC. The van der Waals surface area contributed by atoms with Gasteiger partial charge in [0, 0.05) is 6.61 Å². The Hall–Kier alpha value is -0.970. The van der Waals surface area contributed by atoms with Gasteiger partial charge in [-0.25, -0.2) is 4.79 Å². The van der Waals surface area contributed by atoms with Gasteiger partial charge in [-0.05, 0) is 6.42 Å². The first kappa shape index (κ1) is 40.0. The molecule has 0 radical (unpaired) electrons. The Balaban J connectivity index is 3.04. The molecule has 0 aromatic carbocycles. The van der Waals surface area contributed by atoms with Gasteiger partial charge < -0.3 is 56.8 Å². The monoisotopic (exact) mass is 600 g/mol. The molecule has 0 aliphatic heterocycles. The van der Waals surface area contributed by atoms with Gasteiger partial charge in [-0.2, -0.15) is 0 Å². The minimum atomic E-state index is -0.405. The van der Waals surface area contributed by atoms with Crippen molar-refractivity contribution in [3.8, 4) is 0 Å². The van der Waals surface area contributed by atoms with E-state index in [4.69, 9.17) is 52.1 Å². The number of hydrogen-bond donors (Lipinski definition) is 0. The van der Waals surface area contributed by atoms with Crippen LogP contribution in [-0.2, 0) is 61.6 Å². The Kier molecular flexibility index (Phi) is 36.2. The van der Waals surface area contributed by atoms with E-state index in [9.17, 15) is 4.79 Å². The molecule has 0 aliphatic carbocycles. The Morgan fingerprint density at radius 2 is 0.610 bits per heavy atom. The Bertz CT molecular complexity index is 500. The predicted molar refractivity (Wildman–Crippen MR) is 151 cm³/mol. The predicted octanol–water partition coefficient (Wildman–Crippen LogP) is 1.53. The molecule has 0 heterocycles. The van der Waals surface area contributed by atoms with Gasteiger partial charge in [0.15, 0.2) is 0 Å². The minimum absolute atomic E-state index is 0.0676. The first-order valence-electron chi connectivity index (χ1n) is 14.7. The zero-order chi connectivity index (χ0) is 29.7. The maximum atomic E-state index is 10.8. The number of esters is 1. The molecule has 0 atom stereocenters. The molecular weight excluding hydrogens is 544 g/mol. The zero-order valence-corrected chi connectivity index (χ0v) is 25.5. The van der Waals surface area contributed by atoms with Crippen molar-refractivity contribution in [2.45, 2.75) is 26.2 Å². The van der Waals surface area contributed by atoms with Crippen LogP contribution in [0.1, 0.15) is 26.2 Å². The van der Waals surface area contributed by atoms with E-state index < -0.39 is 5.97 Å². The molecule has 0 unspecified atom stereocenters. The van der Waals surface area contributed by atoms with Crippen molar-refractivity contribution >= 4 is 5.97 Å². The number of hydrogen-bond acceptors (Lipinski definition) is 13. The van der Waals surface area contributed by atoms with Crippen LogP contribution in [-0.4, -0.2) is 158 Å². The zero-order valence-electron chi connectivity index (χ0n) is 25.5. The lowest BCUT2D eigenvalue weighted by molar-refractivity contribution is -0.146. The largest absolute Gasteiger partial charge is 0.467 e. The molecule has 0 saturated carbocycles. The van der Waals surface area contributed by atoms with Crippen LogP contribution in [0.3, 0.4) is 0 Å². The van der Waals surface area contributed by atoms with Crippen LogP contribution in [0, 0.1) is 0 Å². The summed E-state index contributed by atoms with van der Waals surface area (Å²) in [5.41, 5.74) is 0. The van der Waals surface area contributed by atoms with E-state index in [0.29, 0.717) is 132 Å². The van der Waals surface area contributed by atoms with E-state index >= 15 is 0 Å². The second-order valence-electron chi connectivity index (χ2n) is 8.46. The van der Waals surface area contributed by atoms with Crippen LogP contribution in [0.5, 0.6) is 0 Å². The van der Waals surface area contributed by atoms with Crippen molar-refractivity contribution in [1.82, 2.24) is 0 Å². The van der Waals surface area contributed by atoms with Crippen LogP contribution < -0.4 is 0 Å². The van der Waals surface area contributed by atoms with Crippen LogP contribution in [0.2, 0.25) is 0 Å². The molecule has 0 aromatic rings. The number of rotatable bonds is 36. The second-order valence-corrected chi connectivity index (χ2v) is 8.46. The van der Waals surface area contributed by atoms with Crippen molar-refractivity contribution in [3.05, 3.63) is 0 Å². The molecule has 0 amide bonds. The number of carbonyl (C=O) groups is 1. The average Bonchev–Trinajstić information content (AvgIpc) is 2.99. The van der Waals surface area contributed by atoms with Crippen LogP contribution in [0.25, 0.3) is 0 Å². The normalized spacial score (nSPS) is 11.4. The highest BCUT2D eigenvalue weighted by Gasteiger charge is 1.99. The van der Waals surface area contributed by atoms with Gasteiger partial charge in [0.25, 0.3) is 0 Å². The molecular formula is C28H56O13. The molecule has 0 spiro atoms. The van der Waals surface area contributed by atoms with Crippen molar-refractivity contribution in [3.63, 3.8) is 0 Å². The van der Waals surface area contributed by atoms with E-state index in [1.54, 1.807) is 0 Å². The molecule has 0 N–H and O–H groups in total. The number of methoxy groups -OCH3 is 1. The van der Waals surface area contributed by atoms with E-state index in [-0.39, 0.29) is 6.61 Å². The fourth-order valence-electron chi connectivity index (χ4n) is 2.87. The third-order valence-electron chi connectivity index (χ3n) is 5.06. The van der Waals surface area contributed by atoms with Crippen molar-refractivity contribution in [2.75, 3.05) is 152 Å². The Morgan fingerprint density at radius 3 is 0.854 bits per heavy atom. The first-order chi connectivity index (χ1) is 20.3. The van der Waals surface area contributed by atoms with Crippen LogP contribution in [0.15, 0.2) is 0 Å². The van der Waals surface area contributed by atoms with Crippen LogP contribution >= 0.6 is 0 Å². The topological polar surface area (TPSA) is 128 Å². The van der Waals surface area contributed by atoms with Gasteiger partial charge in [-0.3, -0.25) is 0 Å². The highest BCUT2D eigenvalue weighted by Crippen LogP contribution is 1.94. The third kappa shape index (κ3) is 37.0. The maximum absolute atomic E-state index is 10.8. The van der Waals surface area contributed by atoms with Crippen molar-refractivity contribution < 1.29 is 61.6 Å². The summed E-state index contributed by atoms with van der Waals surface area (Å²) in [6.45, 7) is 13.0. The molecule has 0 fully saturated rings. The first-order valence-corrected chi connectivity index (χ1v) is 14.7. The van der Waals surface area contributed by atoms with Crippen molar-refractivity contribution in [2.24, 2.45) is 0 Å². The average molecular weight is 601 g/mol. The van der Waals surface area contributed by atoms with E-state index in [2.05, 4.69) is 11.7 Å². The summed E-state index contributed by atoms with van der Waals surface area (Å²) in [5.74, 6) is -0.405. The second kappa shape index (κ2) is 37.1. The highest BCUT2D eigenvalue weighted by atomic mass is 16.6. The molecule has 13 nitrogen and oxygen atoms in total. The molecule has 41 heavy (non-hydrogen) atoms. The molecule has 246 valence electrons. The van der Waals surface area contributed by atoms with Gasteiger partial charge >= 0.3 is 5.97 Å². The Labute approximate surface area is 246 Å². The summed E-state index contributed by atoms with van der Waals surface area (Å²) >= 11 is 0. The molecule has 0 saturated heterocycles. The molecule has 13 heteroatoms. The standard InChI is InChI=1S/C28H56O13/c1-3-4-5-6-31-7-8-32-9-10-33-11-12-34-13-14-35-15-16-36-17-18-37-19-20-38-21-22-39-23-24-40-25-26-41-27-28(29)30-2/h3-27H2,1-2H3. The van der Waals surface area contributed by atoms with Gasteiger partial charge in [-0.1, -0.05) is 19.8 Å². The fourth-order valence-corrected chi connectivity index (χ4v) is 2.87. The molecule has 0 aliphatic rings. The molecule has 0 bridgehead atoms. The maximum Gasteiger partial charge on any atom is 0.331 e. The lowest BCUT2D eigenvalue weighted by Gasteiger charge is -2.09. The number of ether oxygens (including phenoxy) is 12. The van der Waals surface area contributed by atoms with Crippen molar-refractivity contribution in [1.29, 1.82) is 0 Å². The summed E-state index contributed by atoms with van der Waals surface area (Å²) in [5, 5.41) is 0. The Morgan fingerprint density at radius 1 is 0.366 bits per heavy atom. The van der Waals surface area contributed by atoms with Crippen LogP contribution in [0.4, 0.5) is 0 Å². The van der Waals surface area contributed by atoms with Gasteiger partial charge in [0.2, 0.25) is 0 Å². The fraction of sp³-hybridized carbons (Fsp3) is 0.964.